The molecule has 74 valence electrons. The van der Waals surface area contributed by atoms with Crippen molar-refractivity contribution in [3.63, 3.8) is 0 Å². The summed E-state index contributed by atoms with van der Waals surface area (Å²) in [6.45, 7) is -0.463. The highest BCUT2D eigenvalue weighted by molar-refractivity contribution is 5.64. The summed E-state index contributed by atoms with van der Waals surface area (Å²) in [6.07, 6.45) is 2.08. The molecule has 0 fully saturated rings. The Labute approximate surface area is 81.9 Å². The molecule has 0 aliphatic heterocycles. The third-order valence-electron chi connectivity index (χ3n) is 2.59. The van der Waals surface area contributed by atoms with Gasteiger partial charge >= 0.3 is 0 Å². The Morgan fingerprint density at radius 1 is 1.29 bits per heavy atom. The molecule has 1 aliphatic carbocycles. The predicted molar refractivity (Wildman–Crippen MR) is 52.5 cm³/mol. The number of rotatable bonds is 2. The van der Waals surface area contributed by atoms with Crippen LogP contribution in [-0.2, 0) is 5.60 Å². The normalized spacial score (nSPS) is 26.2. The molecule has 0 amide bonds. The Kier molecular flexibility index (Phi) is 2.15. The second kappa shape index (κ2) is 3.20. The molecule has 2 rings (SSSR count). The molecular weight excluding hydrogens is 180 g/mol. The lowest BCUT2D eigenvalue weighted by Gasteiger charge is -2.27. The molecule has 3 heteroatoms. The van der Waals surface area contributed by atoms with Crippen LogP contribution in [0.5, 0.6) is 0 Å². The number of hydrogen-bond donors (Lipinski definition) is 3. The van der Waals surface area contributed by atoms with Gasteiger partial charge in [-0.25, -0.2) is 0 Å². The molecule has 0 spiro atoms. The van der Waals surface area contributed by atoms with E-state index in [1.165, 1.54) is 6.08 Å². The number of benzene rings is 1. The van der Waals surface area contributed by atoms with E-state index in [-0.39, 0.29) is 0 Å². The first-order chi connectivity index (χ1) is 6.68. The van der Waals surface area contributed by atoms with Gasteiger partial charge in [-0.3, -0.25) is 0 Å². The summed E-state index contributed by atoms with van der Waals surface area (Å²) < 4.78 is 0. The van der Waals surface area contributed by atoms with Gasteiger partial charge in [-0.05, 0) is 17.2 Å². The van der Waals surface area contributed by atoms with Crippen LogP contribution < -0.4 is 0 Å². The van der Waals surface area contributed by atoms with Crippen molar-refractivity contribution in [3.8, 4) is 0 Å². The number of hydrogen-bond acceptors (Lipinski definition) is 3. The summed E-state index contributed by atoms with van der Waals surface area (Å²) in [5.74, 6) is 0. The van der Waals surface area contributed by atoms with Gasteiger partial charge in [-0.2, -0.15) is 0 Å². The van der Waals surface area contributed by atoms with Crippen LogP contribution in [-0.4, -0.2) is 28.0 Å². The molecule has 1 aromatic carbocycles. The van der Waals surface area contributed by atoms with Gasteiger partial charge in [0.05, 0.1) is 6.61 Å². The lowest BCUT2D eigenvalue weighted by molar-refractivity contribution is -0.0659. The van der Waals surface area contributed by atoms with Gasteiger partial charge in [-0.1, -0.05) is 30.3 Å². The summed E-state index contributed by atoms with van der Waals surface area (Å²) in [5, 5.41) is 28.5. The molecule has 0 radical (unpaired) electrons. The maximum atomic E-state index is 10.1. The van der Waals surface area contributed by atoms with Crippen LogP contribution in [0.15, 0.2) is 30.3 Å². The van der Waals surface area contributed by atoms with Crippen LogP contribution in [0.4, 0.5) is 0 Å². The van der Waals surface area contributed by atoms with E-state index in [2.05, 4.69) is 0 Å². The third-order valence-corrected chi connectivity index (χ3v) is 2.59. The maximum Gasteiger partial charge on any atom is 0.137 e. The molecule has 3 nitrogen and oxygen atoms in total. The van der Waals surface area contributed by atoms with Crippen molar-refractivity contribution in [2.45, 2.75) is 11.7 Å². The molecule has 0 unspecified atom stereocenters. The van der Waals surface area contributed by atoms with Crippen LogP contribution in [0.2, 0.25) is 0 Å². The summed E-state index contributed by atoms with van der Waals surface area (Å²) in [7, 11) is 0. The summed E-state index contributed by atoms with van der Waals surface area (Å²) >= 11 is 0. The van der Waals surface area contributed by atoms with Crippen LogP contribution in [0.1, 0.15) is 11.1 Å². The topological polar surface area (TPSA) is 60.7 Å². The maximum absolute atomic E-state index is 10.1. The summed E-state index contributed by atoms with van der Waals surface area (Å²) in [4.78, 5) is 0. The predicted octanol–water partition coefficient (Wildman–Crippen LogP) is 0.254. The number of fused-ring (bicyclic) bond motifs is 1. The molecule has 1 aromatic rings. The fourth-order valence-corrected chi connectivity index (χ4v) is 1.74. The van der Waals surface area contributed by atoms with E-state index in [1.807, 2.05) is 12.1 Å². The SMILES string of the molecule is OC[C@@H](O)[C@]1(O)C=Cc2ccccc21. The van der Waals surface area contributed by atoms with Crippen molar-refractivity contribution in [2.75, 3.05) is 6.61 Å². The second-order valence-electron chi connectivity index (χ2n) is 3.44. The highest BCUT2D eigenvalue weighted by Crippen LogP contribution is 2.36. The Morgan fingerprint density at radius 2 is 2.00 bits per heavy atom. The average molecular weight is 192 g/mol. The first kappa shape index (κ1) is 9.40. The van der Waals surface area contributed by atoms with Gasteiger partial charge in [0.1, 0.15) is 11.7 Å². The Balaban J connectivity index is 2.47. The standard InChI is InChI=1S/C11H12O3/c12-7-10(13)11(14)6-5-8-3-1-2-4-9(8)11/h1-6,10,12-14H,7H2/t10-,11+/m1/s1. The number of aliphatic hydroxyl groups excluding tert-OH is 2. The van der Waals surface area contributed by atoms with Crippen molar-refractivity contribution in [3.05, 3.63) is 41.5 Å². The highest BCUT2D eigenvalue weighted by Gasteiger charge is 2.38. The Morgan fingerprint density at radius 3 is 2.71 bits per heavy atom. The fourth-order valence-electron chi connectivity index (χ4n) is 1.74. The highest BCUT2D eigenvalue weighted by atomic mass is 16.4. The first-order valence-corrected chi connectivity index (χ1v) is 4.48. The van der Waals surface area contributed by atoms with Gasteiger partial charge in [0, 0.05) is 0 Å². The quantitative estimate of drug-likeness (QED) is 0.629. The largest absolute Gasteiger partial charge is 0.394 e. The van der Waals surface area contributed by atoms with E-state index in [0.29, 0.717) is 5.56 Å². The van der Waals surface area contributed by atoms with Crippen molar-refractivity contribution in [1.29, 1.82) is 0 Å². The van der Waals surface area contributed by atoms with Gasteiger partial charge in [0.25, 0.3) is 0 Å². The van der Waals surface area contributed by atoms with Crippen LogP contribution in [0, 0.1) is 0 Å². The molecule has 0 heterocycles. The third kappa shape index (κ3) is 1.18. The molecule has 2 atom stereocenters. The van der Waals surface area contributed by atoms with Crippen LogP contribution >= 0.6 is 0 Å². The summed E-state index contributed by atoms with van der Waals surface area (Å²) in [5.41, 5.74) is 0.0785. The van der Waals surface area contributed by atoms with Crippen LogP contribution in [0.25, 0.3) is 6.08 Å². The van der Waals surface area contributed by atoms with Crippen molar-refractivity contribution in [2.24, 2.45) is 0 Å². The molecule has 1 aliphatic rings. The molecular formula is C11H12O3. The minimum absolute atomic E-state index is 0.463. The van der Waals surface area contributed by atoms with Crippen LogP contribution in [0.3, 0.4) is 0 Å². The molecule has 3 N–H and O–H groups in total. The molecule has 0 saturated heterocycles. The van der Waals surface area contributed by atoms with E-state index < -0.39 is 18.3 Å². The smallest absolute Gasteiger partial charge is 0.137 e. The lowest BCUT2D eigenvalue weighted by atomic mass is 9.90. The minimum Gasteiger partial charge on any atom is -0.394 e. The monoisotopic (exact) mass is 192 g/mol. The van der Waals surface area contributed by atoms with Crippen molar-refractivity contribution >= 4 is 6.08 Å². The van der Waals surface area contributed by atoms with E-state index in [0.717, 1.165) is 5.56 Å². The molecule has 14 heavy (non-hydrogen) atoms. The van der Waals surface area contributed by atoms with Gasteiger partial charge < -0.3 is 15.3 Å². The van der Waals surface area contributed by atoms with Crippen molar-refractivity contribution in [1.82, 2.24) is 0 Å². The van der Waals surface area contributed by atoms with Gasteiger partial charge in [-0.15, -0.1) is 0 Å². The Hall–Kier alpha value is -1.16. The van der Waals surface area contributed by atoms with Crippen molar-refractivity contribution < 1.29 is 15.3 Å². The Bertz CT molecular complexity index is 373. The lowest BCUT2D eigenvalue weighted by Crippen LogP contribution is -2.39. The zero-order valence-electron chi connectivity index (χ0n) is 7.59. The number of aliphatic hydroxyl groups is 3. The molecule has 0 saturated carbocycles. The zero-order chi connectivity index (χ0) is 10.2. The van der Waals surface area contributed by atoms with E-state index >= 15 is 0 Å². The fraction of sp³-hybridized carbons (Fsp3) is 0.273. The first-order valence-electron chi connectivity index (χ1n) is 4.48. The van der Waals surface area contributed by atoms with Gasteiger partial charge in [0.2, 0.25) is 0 Å². The van der Waals surface area contributed by atoms with E-state index in [9.17, 15) is 10.2 Å². The zero-order valence-corrected chi connectivity index (χ0v) is 7.59. The van der Waals surface area contributed by atoms with E-state index in [1.54, 1.807) is 18.2 Å². The average Bonchev–Trinajstić information content (AvgIpc) is 2.58. The van der Waals surface area contributed by atoms with Gasteiger partial charge in [0.15, 0.2) is 0 Å². The molecule has 0 aromatic heterocycles. The second-order valence-corrected chi connectivity index (χ2v) is 3.44. The summed E-state index contributed by atoms with van der Waals surface area (Å²) in [6, 6.07) is 7.25. The minimum atomic E-state index is -1.44. The van der Waals surface area contributed by atoms with E-state index in [4.69, 9.17) is 5.11 Å². The molecule has 0 bridgehead atoms.